The summed E-state index contributed by atoms with van der Waals surface area (Å²) in [5, 5.41) is 3.97. The number of amides is 1. The molecule has 0 spiro atoms. The van der Waals surface area contributed by atoms with E-state index >= 15 is 0 Å². The van der Waals surface area contributed by atoms with Gasteiger partial charge in [0.2, 0.25) is 0 Å². The van der Waals surface area contributed by atoms with Gasteiger partial charge in [-0.05, 0) is 74.6 Å². The van der Waals surface area contributed by atoms with E-state index in [2.05, 4.69) is 47.2 Å². The molecule has 1 unspecified atom stereocenters. The monoisotopic (exact) mass is 481 g/mol. The zero-order valence-corrected chi connectivity index (χ0v) is 22.4. The highest BCUT2D eigenvalue weighted by atomic mass is 16.2. The number of hydrogen-bond acceptors (Lipinski definition) is 4. The molecule has 1 N–H and O–H groups in total. The SMILES string of the molecule is CCC(=O)CCN1CCCC(N2Cc3cc(C[C@H]4CCCC[C@@H]4NC(CC)CC)ccc3C2=O)C1. The number of carbonyl (C=O) groups is 2. The number of fused-ring (bicyclic) bond motifs is 1. The number of hydrogen-bond donors (Lipinski definition) is 1. The van der Waals surface area contributed by atoms with Gasteiger partial charge in [-0.3, -0.25) is 9.59 Å². The summed E-state index contributed by atoms with van der Waals surface area (Å²) in [4.78, 5) is 29.6. The summed E-state index contributed by atoms with van der Waals surface area (Å²) in [7, 11) is 0. The summed E-state index contributed by atoms with van der Waals surface area (Å²) in [6.07, 6.45) is 12.2. The van der Waals surface area contributed by atoms with E-state index in [1.807, 2.05) is 6.92 Å². The lowest BCUT2D eigenvalue weighted by molar-refractivity contribution is -0.119. The minimum absolute atomic E-state index is 0.203. The summed E-state index contributed by atoms with van der Waals surface area (Å²) in [6, 6.07) is 8.15. The zero-order valence-electron chi connectivity index (χ0n) is 22.4. The standard InChI is InChI=1S/C30H47N3O2/c1-4-25(5-2)31-29-12-8-7-10-23(29)18-22-13-14-28-24(19-22)20-33(30(28)35)26-11-9-16-32(21-26)17-15-27(34)6-3/h13-14,19,23,25-26,29,31H,4-12,15-18,20-21H2,1-3H3/t23-,26?,29+/m1/s1. The van der Waals surface area contributed by atoms with Crippen molar-refractivity contribution in [2.45, 2.75) is 116 Å². The van der Waals surface area contributed by atoms with Gasteiger partial charge in [-0.1, -0.05) is 45.7 Å². The molecule has 1 amide bonds. The number of likely N-dealkylation sites (tertiary alicyclic amines) is 1. The number of rotatable bonds is 11. The number of piperidine rings is 1. The highest BCUT2D eigenvalue weighted by Gasteiger charge is 2.35. The van der Waals surface area contributed by atoms with E-state index in [-0.39, 0.29) is 11.9 Å². The van der Waals surface area contributed by atoms with Gasteiger partial charge in [0.1, 0.15) is 5.78 Å². The first kappa shape index (κ1) is 26.3. The average molecular weight is 482 g/mol. The summed E-state index contributed by atoms with van der Waals surface area (Å²) in [6.45, 7) is 10.0. The van der Waals surface area contributed by atoms with Crippen LogP contribution in [0.3, 0.4) is 0 Å². The van der Waals surface area contributed by atoms with E-state index in [1.54, 1.807) is 0 Å². The maximum absolute atomic E-state index is 13.3. The van der Waals surface area contributed by atoms with Crippen molar-refractivity contribution in [3.05, 3.63) is 34.9 Å². The van der Waals surface area contributed by atoms with E-state index in [9.17, 15) is 9.59 Å². The van der Waals surface area contributed by atoms with Gasteiger partial charge >= 0.3 is 0 Å². The van der Waals surface area contributed by atoms with Crippen LogP contribution >= 0.6 is 0 Å². The normalized spacial score (nSPS) is 25.3. The van der Waals surface area contributed by atoms with Crippen LogP contribution in [0.1, 0.15) is 106 Å². The number of nitrogens with zero attached hydrogens (tertiary/aromatic N) is 2. The third-order valence-corrected chi connectivity index (χ3v) is 8.87. The molecule has 1 aromatic carbocycles. The number of benzene rings is 1. The Morgan fingerprint density at radius 1 is 1.09 bits per heavy atom. The number of nitrogens with one attached hydrogen (secondary N) is 1. The third-order valence-electron chi connectivity index (χ3n) is 8.87. The Balaban J connectivity index is 1.38. The maximum Gasteiger partial charge on any atom is 0.254 e. The smallest absolute Gasteiger partial charge is 0.254 e. The second-order valence-electron chi connectivity index (χ2n) is 11.2. The van der Waals surface area contributed by atoms with Gasteiger partial charge in [-0.2, -0.15) is 0 Å². The van der Waals surface area contributed by atoms with E-state index < -0.39 is 0 Å². The summed E-state index contributed by atoms with van der Waals surface area (Å²) < 4.78 is 0. The molecule has 0 radical (unpaired) electrons. The Morgan fingerprint density at radius 2 is 1.89 bits per heavy atom. The molecule has 3 atom stereocenters. The van der Waals surface area contributed by atoms with Gasteiger partial charge in [0.25, 0.3) is 5.91 Å². The molecule has 35 heavy (non-hydrogen) atoms. The Hall–Kier alpha value is -1.72. The van der Waals surface area contributed by atoms with Crippen molar-refractivity contribution in [2.24, 2.45) is 5.92 Å². The summed E-state index contributed by atoms with van der Waals surface area (Å²) >= 11 is 0. The molecule has 0 bridgehead atoms. The van der Waals surface area contributed by atoms with Crippen LogP contribution in [0.25, 0.3) is 0 Å². The molecule has 2 aliphatic heterocycles. The molecular weight excluding hydrogens is 434 g/mol. The van der Waals surface area contributed by atoms with Crippen molar-refractivity contribution in [3.63, 3.8) is 0 Å². The molecule has 1 aliphatic carbocycles. The topological polar surface area (TPSA) is 52.7 Å². The van der Waals surface area contributed by atoms with Crippen LogP contribution in [0.4, 0.5) is 0 Å². The predicted octanol–water partition coefficient (Wildman–Crippen LogP) is 5.36. The molecule has 5 nitrogen and oxygen atoms in total. The lowest BCUT2D eigenvalue weighted by atomic mass is 9.80. The van der Waals surface area contributed by atoms with Gasteiger partial charge < -0.3 is 15.1 Å². The van der Waals surface area contributed by atoms with Crippen LogP contribution in [0, 0.1) is 5.92 Å². The number of Topliss-reactive ketones (excluding diaryl/α,β-unsaturated/α-hetero) is 1. The van der Waals surface area contributed by atoms with Gasteiger partial charge in [-0.25, -0.2) is 0 Å². The molecule has 0 aromatic heterocycles. The summed E-state index contributed by atoms with van der Waals surface area (Å²) in [5.74, 6) is 1.22. The second-order valence-corrected chi connectivity index (χ2v) is 11.2. The van der Waals surface area contributed by atoms with Crippen LogP contribution in [-0.4, -0.2) is 59.3 Å². The Labute approximate surface area is 213 Å². The highest BCUT2D eigenvalue weighted by molar-refractivity contribution is 5.98. The predicted molar refractivity (Wildman–Crippen MR) is 143 cm³/mol. The first-order valence-electron chi connectivity index (χ1n) is 14.4. The van der Waals surface area contributed by atoms with Crippen LogP contribution in [-0.2, 0) is 17.8 Å². The third kappa shape index (κ3) is 6.54. The quantitative estimate of drug-likeness (QED) is 0.463. The molecule has 2 heterocycles. The molecular formula is C30H47N3O2. The number of ketones is 1. The average Bonchev–Trinajstić information content (AvgIpc) is 3.22. The van der Waals surface area contributed by atoms with Crippen LogP contribution in [0.2, 0.25) is 0 Å². The molecule has 194 valence electrons. The molecule has 3 aliphatic rings. The van der Waals surface area contributed by atoms with Crippen molar-refractivity contribution in [3.8, 4) is 0 Å². The Morgan fingerprint density at radius 3 is 2.66 bits per heavy atom. The van der Waals surface area contributed by atoms with Gasteiger partial charge in [0, 0.05) is 56.2 Å². The first-order chi connectivity index (χ1) is 17.0. The van der Waals surface area contributed by atoms with E-state index in [0.29, 0.717) is 36.6 Å². The van der Waals surface area contributed by atoms with Gasteiger partial charge in [-0.15, -0.1) is 0 Å². The second kappa shape index (κ2) is 12.5. The van der Waals surface area contributed by atoms with Crippen molar-refractivity contribution in [1.82, 2.24) is 15.1 Å². The van der Waals surface area contributed by atoms with E-state index in [0.717, 1.165) is 51.0 Å². The van der Waals surface area contributed by atoms with Crippen LogP contribution < -0.4 is 5.32 Å². The lowest BCUT2D eigenvalue weighted by Gasteiger charge is -2.37. The van der Waals surface area contributed by atoms with E-state index in [4.69, 9.17) is 0 Å². The summed E-state index contributed by atoms with van der Waals surface area (Å²) in [5.41, 5.74) is 3.51. The van der Waals surface area contributed by atoms with Crippen molar-refractivity contribution in [2.75, 3.05) is 19.6 Å². The molecule has 4 rings (SSSR count). The largest absolute Gasteiger partial charge is 0.330 e. The van der Waals surface area contributed by atoms with Crippen molar-refractivity contribution < 1.29 is 9.59 Å². The zero-order chi connectivity index (χ0) is 24.8. The van der Waals surface area contributed by atoms with Crippen molar-refractivity contribution >= 4 is 11.7 Å². The molecule has 1 saturated carbocycles. The Bertz CT molecular complexity index is 865. The van der Waals surface area contributed by atoms with Crippen LogP contribution in [0.5, 0.6) is 0 Å². The minimum Gasteiger partial charge on any atom is -0.330 e. The van der Waals surface area contributed by atoms with Crippen LogP contribution in [0.15, 0.2) is 18.2 Å². The Kier molecular flexibility index (Phi) is 9.40. The molecule has 2 fully saturated rings. The fourth-order valence-corrected chi connectivity index (χ4v) is 6.57. The molecule has 1 aromatic rings. The lowest BCUT2D eigenvalue weighted by Crippen LogP contribution is -2.48. The van der Waals surface area contributed by atoms with Gasteiger partial charge in [0.15, 0.2) is 0 Å². The van der Waals surface area contributed by atoms with Crippen molar-refractivity contribution in [1.29, 1.82) is 0 Å². The fraction of sp³-hybridized carbons (Fsp3) is 0.733. The maximum atomic E-state index is 13.3. The first-order valence-corrected chi connectivity index (χ1v) is 14.4. The fourth-order valence-electron chi connectivity index (χ4n) is 6.57. The molecule has 1 saturated heterocycles. The van der Waals surface area contributed by atoms with E-state index in [1.165, 1.54) is 49.7 Å². The minimum atomic E-state index is 0.203. The number of carbonyl (C=O) groups excluding carboxylic acids is 2. The molecule has 5 heteroatoms. The highest BCUT2D eigenvalue weighted by Crippen LogP contribution is 2.32. The van der Waals surface area contributed by atoms with Gasteiger partial charge in [0.05, 0.1) is 0 Å².